The maximum atomic E-state index is 11.5. The summed E-state index contributed by atoms with van der Waals surface area (Å²) in [6.45, 7) is 0.183. The molecule has 0 radical (unpaired) electrons. The first kappa shape index (κ1) is 24.5. The number of allylic oxidation sites excluding steroid dienone is 1. The number of H-pyrrole nitrogens is 1. The van der Waals surface area contributed by atoms with Crippen LogP contribution in [0.4, 0.5) is 11.8 Å². The molecule has 7 rings (SSSR count). The molecule has 14 heteroatoms. The predicted octanol–water partition coefficient (Wildman–Crippen LogP) is 0.882. The smallest absolute Gasteiger partial charge is 0.278 e. The molecule has 4 aromatic rings. The highest BCUT2D eigenvalue weighted by Gasteiger charge is 2.28. The summed E-state index contributed by atoms with van der Waals surface area (Å²) in [5.74, 6) is 1.18. The van der Waals surface area contributed by atoms with Crippen LogP contribution in [0.2, 0.25) is 0 Å². The molecular formula is C24H30N10O4. The van der Waals surface area contributed by atoms with E-state index in [-0.39, 0.29) is 49.0 Å². The Bertz CT molecular complexity index is 1520. The van der Waals surface area contributed by atoms with Crippen LogP contribution in [0.1, 0.15) is 44.4 Å². The fourth-order valence-electron chi connectivity index (χ4n) is 4.89. The first-order valence-electron chi connectivity index (χ1n) is 12.8. The van der Waals surface area contributed by atoms with E-state index < -0.39 is 0 Å². The summed E-state index contributed by atoms with van der Waals surface area (Å²) in [7, 11) is 0. The van der Waals surface area contributed by atoms with Gasteiger partial charge in [0.05, 0.1) is 37.7 Å². The van der Waals surface area contributed by atoms with Crippen molar-refractivity contribution in [3.05, 3.63) is 41.5 Å². The summed E-state index contributed by atoms with van der Waals surface area (Å²) in [6.07, 6.45) is 13.2. The maximum Gasteiger partial charge on any atom is 0.278 e. The summed E-state index contributed by atoms with van der Waals surface area (Å²) in [5, 5.41) is 21.6. The first-order valence-corrected chi connectivity index (χ1v) is 12.8. The summed E-state index contributed by atoms with van der Waals surface area (Å²) in [4.78, 5) is 35.2. The Morgan fingerprint density at radius 3 is 2.55 bits per heavy atom. The topological polar surface area (TPSA) is 195 Å². The predicted molar refractivity (Wildman–Crippen MR) is 138 cm³/mol. The number of hydrogen-bond acceptors (Lipinski definition) is 11. The van der Waals surface area contributed by atoms with E-state index in [0.29, 0.717) is 17.2 Å². The van der Waals surface area contributed by atoms with E-state index in [1.165, 1.54) is 6.33 Å². The maximum absolute atomic E-state index is 11.5. The number of aliphatic hydroxyl groups excluding tert-OH is 2. The standard InChI is InChI=1S/C14H18N6O.C10H12N4O3/c15-14-18-12(17-9-2-3-9)11-13(19-14)20(7-16-11)10-4-1-8(5-10)6-21;15-3-6-1-2-7(17-6)14-5-13-8-9(14)11-4-12-10(8)16/h1,4,7-10,21H,2-3,5-6H2,(H3,15,17,18,19);4-7,15H,1-3H2,(H,11,12,16)/t8-,10+;6-,7+/m10/s1. The molecule has 0 spiro atoms. The Labute approximate surface area is 216 Å². The number of aromatic amines is 1. The average molecular weight is 523 g/mol. The molecule has 2 aliphatic carbocycles. The number of ether oxygens (including phenoxy) is 1. The molecule has 2 fully saturated rings. The molecule has 38 heavy (non-hydrogen) atoms. The third-order valence-corrected chi connectivity index (χ3v) is 7.06. The number of aliphatic hydroxyl groups is 2. The van der Waals surface area contributed by atoms with E-state index in [9.17, 15) is 9.90 Å². The van der Waals surface area contributed by atoms with Crippen molar-refractivity contribution in [2.45, 2.75) is 56.5 Å². The van der Waals surface area contributed by atoms with E-state index in [1.54, 1.807) is 17.2 Å². The molecule has 0 unspecified atom stereocenters. The second kappa shape index (κ2) is 10.1. The lowest BCUT2D eigenvalue weighted by molar-refractivity contribution is -0.0207. The molecule has 0 aromatic carbocycles. The molecular weight excluding hydrogens is 492 g/mol. The zero-order valence-electron chi connectivity index (χ0n) is 20.6. The average Bonchev–Trinajstić information content (AvgIpc) is 3.37. The van der Waals surface area contributed by atoms with Gasteiger partial charge >= 0.3 is 0 Å². The van der Waals surface area contributed by atoms with Crippen LogP contribution < -0.4 is 16.6 Å². The van der Waals surface area contributed by atoms with Gasteiger partial charge in [-0.05, 0) is 32.1 Å². The molecule has 14 nitrogen and oxygen atoms in total. The van der Waals surface area contributed by atoms with E-state index in [4.69, 9.17) is 15.6 Å². The Kier molecular flexibility index (Phi) is 6.51. The number of nitrogens with one attached hydrogen (secondary N) is 2. The van der Waals surface area contributed by atoms with Gasteiger partial charge in [-0.2, -0.15) is 9.97 Å². The zero-order valence-corrected chi connectivity index (χ0v) is 20.6. The number of nitrogens with two attached hydrogens (primary N) is 1. The molecule has 0 amide bonds. The molecule has 6 N–H and O–H groups in total. The van der Waals surface area contributed by atoms with Gasteiger partial charge < -0.3 is 35.6 Å². The van der Waals surface area contributed by atoms with E-state index >= 15 is 0 Å². The lowest BCUT2D eigenvalue weighted by Crippen LogP contribution is -2.14. The van der Waals surface area contributed by atoms with Gasteiger partial charge in [0.1, 0.15) is 6.23 Å². The molecule has 1 saturated heterocycles. The highest BCUT2D eigenvalue weighted by molar-refractivity contribution is 5.84. The quantitative estimate of drug-likeness (QED) is 0.226. The number of anilines is 2. The monoisotopic (exact) mass is 522 g/mol. The molecule has 0 bridgehead atoms. The third-order valence-electron chi connectivity index (χ3n) is 7.06. The minimum absolute atomic E-state index is 0.0111. The number of fused-ring (bicyclic) bond motifs is 2. The minimum Gasteiger partial charge on any atom is -0.396 e. The van der Waals surface area contributed by atoms with E-state index in [1.807, 2.05) is 10.6 Å². The zero-order chi connectivity index (χ0) is 26.2. The SMILES string of the molecule is Nc1nc(NC2CC2)c2ncn([C@H]3C=C[C@@H](CO)C3)c2n1.O=c1[nH]cnc2c1ncn2[C@H]1CC[C@@H](CO)O1. The number of rotatable bonds is 6. The van der Waals surface area contributed by atoms with Crippen molar-refractivity contribution in [3.8, 4) is 0 Å². The van der Waals surface area contributed by atoms with Crippen LogP contribution in [0.25, 0.3) is 22.3 Å². The van der Waals surface area contributed by atoms with Crippen LogP contribution in [0.5, 0.6) is 0 Å². The normalized spacial score (nSPS) is 24.7. The summed E-state index contributed by atoms with van der Waals surface area (Å²) in [6, 6.07) is 0.646. The number of hydrogen-bond donors (Lipinski definition) is 5. The molecule has 4 atom stereocenters. The minimum atomic E-state index is -0.259. The summed E-state index contributed by atoms with van der Waals surface area (Å²) in [5.41, 5.74) is 7.91. The second-order valence-corrected chi connectivity index (χ2v) is 9.83. The Morgan fingerprint density at radius 1 is 1.00 bits per heavy atom. The Balaban J connectivity index is 0.000000142. The number of imidazole rings is 2. The number of nitrogen functional groups attached to an aromatic ring is 1. The van der Waals surface area contributed by atoms with Gasteiger partial charge in [0.15, 0.2) is 28.1 Å². The van der Waals surface area contributed by atoms with Gasteiger partial charge in [-0.15, -0.1) is 0 Å². The fourth-order valence-corrected chi connectivity index (χ4v) is 4.89. The van der Waals surface area contributed by atoms with Crippen LogP contribution >= 0.6 is 0 Å². The van der Waals surface area contributed by atoms with Gasteiger partial charge in [0, 0.05) is 18.6 Å². The first-order chi connectivity index (χ1) is 18.5. The van der Waals surface area contributed by atoms with Crippen molar-refractivity contribution in [2.24, 2.45) is 5.92 Å². The molecule has 5 heterocycles. The van der Waals surface area contributed by atoms with Gasteiger partial charge in [0.25, 0.3) is 5.56 Å². The molecule has 4 aromatic heterocycles. The van der Waals surface area contributed by atoms with Crippen molar-refractivity contribution >= 4 is 34.1 Å². The van der Waals surface area contributed by atoms with Crippen LogP contribution in [-0.2, 0) is 4.74 Å². The van der Waals surface area contributed by atoms with Crippen LogP contribution in [0.15, 0.2) is 35.9 Å². The van der Waals surface area contributed by atoms with Gasteiger partial charge in [-0.1, -0.05) is 12.2 Å². The summed E-state index contributed by atoms with van der Waals surface area (Å²) >= 11 is 0. The van der Waals surface area contributed by atoms with Crippen molar-refractivity contribution in [2.75, 3.05) is 24.3 Å². The van der Waals surface area contributed by atoms with Crippen molar-refractivity contribution in [1.29, 1.82) is 0 Å². The lowest BCUT2D eigenvalue weighted by atomic mass is 10.1. The van der Waals surface area contributed by atoms with Crippen molar-refractivity contribution < 1.29 is 14.9 Å². The molecule has 200 valence electrons. The Morgan fingerprint density at radius 2 is 1.82 bits per heavy atom. The van der Waals surface area contributed by atoms with Crippen LogP contribution in [-0.4, -0.2) is 74.6 Å². The third kappa shape index (κ3) is 4.73. The molecule has 3 aliphatic rings. The summed E-state index contributed by atoms with van der Waals surface area (Å²) < 4.78 is 9.37. The highest BCUT2D eigenvalue weighted by atomic mass is 16.5. The van der Waals surface area contributed by atoms with Gasteiger partial charge in [0.2, 0.25) is 5.95 Å². The number of aromatic nitrogens is 8. The Hall–Kier alpha value is -3.88. The lowest BCUT2D eigenvalue weighted by Gasteiger charge is -2.13. The fraction of sp³-hybridized carbons (Fsp3) is 0.500. The van der Waals surface area contributed by atoms with Gasteiger partial charge in [-0.3, -0.25) is 9.36 Å². The molecule has 1 saturated carbocycles. The van der Waals surface area contributed by atoms with E-state index in [2.05, 4.69) is 41.3 Å². The second-order valence-electron chi connectivity index (χ2n) is 9.83. The van der Waals surface area contributed by atoms with Gasteiger partial charge in [-0.25, -0.2) is 15.0 Å². The van der Waals surface area contributed by atoms with Crippen LogP contribution in [0.3, 0.4) is 0 Å². The van der Waals surface area contributed by atoms with Crippen molar-refractivity contribution in [3.63, 3.8) is 0 Å². The largest absolute Gasteiger partial charge is 0.396 e. The highest BCUT2D eigenvalue weighted by Crippen LogP contribution is 2.33. The van der Waals surface area contributed by atoms with Crippen LogP contribution in [0, 0.1) is 5.92 Å². The van der Waals surface area contributed by atoms with Crippen molar-refractivity contribution in [1.82, 2.24) is 39.0 Å². The molecule has 1 aliphatic heterocycles. The van der Waals surface area contributed by atoms with E-state index in [0.717, 1.165) is 49.1 Å². The number of nitrogens with zero attached hydrogens (tertiary/aromatic N) is 7.